The van der Waals surface area contributed by atoms with Gasteiger partial charge in [-0.1, -0.05) is 0 Å². The van der Waals surface area contributed by atoms with E-state index in [1.54, 1.807) is 9.14 Å². The summed E-state index contributed by atoms with van der Waals surface area (Å²) in [6, 6.07) is 6.77. The van der Waals surface area contributed by atoms with E-state index in [4.69, 9.17) is 4.74 Å². The Hall–Kier alpha value is -0.290. The molecule has 1 nitrogen and oxygen atoms in total. The fraction of sp³-hybridized carbons (Fsp3) is 0.333. The first kappa shape index (κ1) is 12.7. The summed E-state index contributed by atoms with van der Waals surface area (Å²) < 4.78 is 9.23. The third-order valence-corrected chi connectivity index (χ3v) is 7.46. The second-order valence-corrected chi connectivity index (χ2v) is 8.71. The molecule has 1 aromatic rings. The summed E-state index contributed by atoms with van der Waals surface area (Å²) >= 11 is 3.64. The first-order valence-electron chi connectivity index (χ1n) is 6.20. The zero-order chi connectivity index (χ0) is 12.5. The minimum atomic E-state index is 0.0724. The van der Waals surface area contributed by atoms with E-state index in [0.29, 0.717) is 0 Å². The molecule has 96 valence electrons. The average Bonchev–Trinajstić information content (AvgIpc) is 2.37. The molecule has 1 unspecified atom stereocenters. The van der Waals surface area contributed by atoms with Crippen LogP contribution in [0.3, 0.4) is 0 Å². The number of ether oxygens (including phenoxy) is 1. The van der Waals surface area contributed by atoms with Gasteiger partial charge >= 0.3 is 127 Å². The first-order valence-corrected chi connectivity index (χ1v) is 9.32. The molecular weight excluding hydrogens is 403 g/mol. The van der Waals surface area contributed by atoms with Crippen LogP contribution < -0.4 is 21.2 Å². The Morgan fingerprint density at radius 3 is 3.11 bits per heavy atom. The van der Waals surface area contributed by atoms with E-state index in [-0.39, 0.29) is 21.2 Å². The molecule has 0 fully saturated rings. The van der Waals surface area contributed by atoms with Crippen molar-refractivity contribution in [2.75, 3.05) is 6.61 Å². The summed E-state index contributed by atoms with van der Waals surface area (Å²) in [4.78, 5) is 0. The fourth-order valence-electron chi connectivity index (χ4n) is 2.40. The van der Waals surface area contributed by atoms with Crippen LogP contribution in [0.15, 0.2) is 46.2 Å². The van der Waals surface area contributed by atoms with Gasteiger partial charge in [0, 0.05) is 0 Å². The van der Waals surface area contributed by atoms with Crippen molar-refractivity contribution < 1.29 is 25.9 Å². The van der Waals surface area contributed by atoms with Crippen LogP contribution in [0.25, 0.3) is 0 Å². The molecule has 0 amide bonds. The Balaban J connectivity index is 1.88. The summed E-state index contributed by atoms with van der Waals surface area (Å²) in [7, 11) is 0. The summed E-state index contributed by atoms with van der Waals surface area (Å²) in [5.41, 5.74) is 3.13. The Bertz CT molecular complexity index is 533. The van der Waals surface area contributed by atoms with Gasteiger partial charge in [-0.3, -0.25) is 0 Å². The molecular formula is C15H15BrIO-. The maximum absolute atomic E-state index is 5.67. The van der Waals surface area contributed by atoms with Crippen LogP contribution in [0.4, 0.5) is 0 Å². The normalized spacial score (nSPS) is 22.0. The molecule has 2 aliphatic rings. The van der Waals surface area contributed by atoms with E-state index >= 15 is 0 Å². The molecule has 0 aromatic heterocycles. The molecule has 0 saturated carbocycles. The Labute approximate surface area is 127 Å². The summed E-state index contributed by atoms with van der Waals surface area (Å²) in [5, 5.41) is 0. The van der Waals surface area contributed by atoms with Gasteiger partial charge in [0.1, 0.15) is 0 Å². The molecule has 0 radical (unpaired) electrons. The van der Waals surface area contributed by atoms with E-state index < -0.39 is 0 Å². The van der Waals surface area contributed by atoms with E-state index in [1.165, 1.54) is 15.8 Å². The zero-order valence-electron chi connectivity index (χ0n) is 10.2. The van der Waals surface area contributed by atoms with Crippen molar-refractivity contribution in [3.63, 3.8) is 0 Å². The van der Waals surface area contributed by atoms with Gasteiger partial charge < -0.3 is 0 Å². The number of benzene rings is 1. The molecule has 3 rings (SSSR count). The summed E-state index contributed by atoms with van der Waals surface area (Å²) in [6.07, 6.45) is 6.70. The summed E-state index contributed by atoms with van der Waals surface area (Å²) in [6.45, 7) is 2.84. The SMILES string of the molecule is CCOC1=CC=C2Cc3cc(Br)ccc3[I-]C2C1. The van der Waals surface area contributed by atoms with Crippen molar-refractivity contribution in [3.8, 4) is 0 Å². The van der Waals surface area contributed by atoms with Gasteiger partial charge in [0.05, 0.1) is 0 Å². The summed E-state index contributed by atoms with van der Waals surface area (Å²) in [5.74, 6) is 1.17. The number of halogens is 2. The van der Waals surface area contributed by atoms with Gasteiger partial charge in [0.2, 0.25) is 0 Å². The van der Waals surface area contributed by atoms with Crippen LogP contribution in [-0.2, 0) is 11.2 Å². The number of fused-ring (bicyclic) bond motifs is 2. The molecule has 1 atom stereocenters. The third-order valence-electron chi connectivity index (χ3n) is 3.25. The van der Waals surface area contributed by atoms with Gasteiger partial charge in [-0.05, 0) is 0 Å². The monoisotopic (exact) mass is 417 g/mol. The van der Waals surface area contributed by atoms with E-state index in [9.17, 15) is 0 Å². The number of rotatable bonds is 2. The maximum atomic E-state index is 5.67. The minimum absolute atomic E-state index is 0.0724. The van der Waals surface area contributed by atoms with Crippen molar-refractivity contribution >= 4 is 15.9 Å². The van der Waals surface area contributed by atoms with Crippen molar-refractivity contribution in [2.24, 2.45) is 0 Å². The molecule has 0 bridgehead atoms. The topological polar surface area (TPSA) is 9.23 Å². The second kappa shape index (κ2) is 5.37. The van der Waals surface area contributed by atoms with Crippen molar-refractivity contribution in [3.05, 3.63) is 55.3 Å². The van der Waals surface area contributed by atoms with Gasteiger partial charge in [-0.15, -0.1) is 0 Å². The quantitative estimate of drug-likeness (QED) is 0.512. The second-order valence-electron chi connectivity index (χ2n) is 4.50. The molecule has 0 saturated heterocycles. The van der Waals surface area contributed by atoms with Crippen LogP contribution in [0.5, 0.6) is 0 Å². The Morgan fingerprint density at radius 1 is 1.39 bits per heavy atom. The molecule has 1 aliphatic heterocycles. The standard InChI is InChI=1S/C15H15BrIO/c1-2-18-13-5-3-10-7-11-8-12(16)4-6-14(11)17-15(10)9-13/h3-6,8,15H,2,7,9H2,1H3/q-1. The van der Waals surface area contributed by atoms with Crippen molar-refractivity contribution in [1.82, 2.24) is 0 Å². The number of hydrogen-bond donors (Lipinski definition) is 0. The molecule has 18 heavy (non-hydrogen) atoms. The van der Waals surface area contributed by atoms with Crippen LogP contribution >= 0.6 is 15.9 Å². The molecule has 1 aromatic carbocycles. The predicted octanol–water partition coefficient (Wildman–Crippen LogP) is 0.883. The van der Waals surface area contributed by atoms with Crippen LogP contribution in [0.2, 0.25) is 0 Å². The van der Waals surface area contributed by atoms with Crippen molar-refractivity contribution in [2.45, 2.75) is 23.7 Å². The van der Waals surface area contributed by atoms with Gasteiger partial charge in [-0.2, -0.15) is 0 Å². The van der Waals surface area contributed by atoms with Gasteiger partial charge in [-0.25, -0.2) is 0 Å². The van der Waals surface area contributed by atoms with E-state index in [0.717, 1.165) is 23.4 Å². The number of hydrogen-bond acceptors (Lipinski definition) is 1. The third kappa shape index (κ3) is 2.52. The molecule has 3 heteroatoms. The van der Waals surface area contributed by atoms with Crippen LogP contribution in [-0.4, -0.2) is 10.5 Å². The van der Waals surface area contributed by atoms with Crippen molar-refractivity contribution in [1.29, 1.82) is 0 Å². The molecule has 0 spiro atoms. The molecule has 1 aliphatic carbocycles. The van der Waals surface area contributed by atoms with Crippen LogP contribution in [0, 0.1) is 3.57 Å². The predicted molar refractivity (Wildman–Crippen MR) is 72.7 cm³/mol. The molecule has 0 N–H and O–H groups in total. The number of allylic oxidation sites excluding steroid dienone is 4. The van der Waals surface area contributed by atoms with Gasteiger partial charge in [0.25, 0.3) is 0 Å². The number of alkyl halides is 1. The Morgan fingerprint density at radius 2 is 2.28 bits per heavy atom. The van der Waals surface area contributed by atoms with Crippen LogP contribution in [0.1, 0.15) is 18.9 Å². The average molecular weight is 418 g/mol. The van der Waals surface area contributed by atoms with E-state index in [1.807, 2.05) is 0 Å². The molecule has 1 heterocycles. The van der Waals surface area contributed by atoms with E-state index in [2.05, 4.69) is 53.2 Å². The Kier molecular flexibility index (Phi) is 3.80. The fourth-order valence-corrected chi connectivity index (χ4v) is 6.23. The first-order chi connectivity index (χ1) is 8.76. The zero-order valence-corrected chi connectivity index (χ0v) is 14.0. The van der Waals surface area contributed by atoms with Gasteiger partial charge in [0.15, 0.2) is 0 Å².